The zero-order chi connectivity index (χ0) is 17.3. The third-order valence-corrected chi connectivity index (χ3v) is 6.30. The van der Waals surface area contributed by atoms with Crippen LogP contribution in [0, 0.1) is 5.41 Å². The fraction of sp³-hybridized carbons (Fsp3) is 0.737. The van der Waals surface area contributed by atoms with E-state index in [0.29, 0.717) is 17.8 Å². The van der Waals surface area contributed by atoms with Crippen LogP contribution in [0.25, 0.3) is 0 Å². The molecular formula is C19H28N4O2. The summed E-state index contributed by atoms with van der Waals surface area (Å²) in [6, 6.07) is 2.34. The van der Waals surface area contributed by atoms with Crippen LogP contribution in [0.15, 0.2) is 12.4 Å². The Morgan fingerprint density at radius 2 is 1.96 bits per heavy atom. The maximum absolute atomic E-state index is 13.4. The van der Waals surface area contributed by atoms with Crippen LogP contribution >= 0.6 is 0 Å². The molecule has 6 nitrogen and oxygen atoms in total. The normalized spacial score (nSPS) is 28.0. The predicted molar refractivity (Wildman–Crippen MR) is 95.7 cm³/mol. The summed E-state index contributed by atoms with van der Waals surface area (Å²) in [5.74, 6) is 1.84. The van der Waals surface area contributed by atoms with E-state index in [1.807, 2.05) is 6.07 Å². The number of likely N-dealkylation sites (tertiary alicyclic amines) is 1. The number of hydrogen-bond acceptors (Lipinski definition) is 5. The van der Waals surface area contributed by atoms with Crippen LogP contribution in [0.2, 0.25) is 0 Å². The Labute approximate surface area is 149 Å². The number of nitrogens with zero attached hydrogens (tertiary/aromatic N) is 4. The number of carbonyl (C=O) groups is 1. The van der Waals surface area contributed by atoms with Crippen molar-refractivity contribution in [2.75, 3.05) is 31.6 Å². The van der Waals surface area contributed by atoms with Gasteiger partial charge in [-0.15, -0.1) is 0 Å². The SMILES string of the molecule is COc1cc(N2CCC3(CCCN(C4CCCCC4)C3=O)C2)ncn1. The Morgan fingerprint density at radius 3 is 2.76 bits per heavy atom. The van der Waals surface area contributed by atoms with Crippen molar-refractivity contribution < 1.29 is 9.53 Å². The number of aromatic nitrogens is 2. The van der Waals surface area contributed by atoms with Crippen molar-refractivity contribution in [2.24, 2.45) is 5.41 Å². The van der Waals surface area contributed by atoms with E-state index < -0.39 is 0 Å². The van der Waals surface area contributed by atoms with Crippen molar-refractivity contribution in [1.29, 1.82) is 0 Å². The van der Waals surface area contributed by atoms with Crippen LogP contribution in [-0.2, 0) is 4.79 Å². The van der Waals surface area contributed by atoms with Crippen LogP contribution in [-0.4, -0.2) is 53.6 Å². The van der Waals surface area contributed by atoms with Crippen LogP contribution in [0.3, 0.4) is 0 Å². The summed E-state index contributed by atoms with van der Waals surface area (Å²) in [5.41, 5.74) is -0.214. The molecule has 3 heterocycles. The van der Waals surface area contributed by atoms with E-state index in [0.717, 1.165) is 44.7 Å². The zero-order valence-electron chi connectivity index (χ0n) is 15.1. The molecule has 1 amide bonds. The summed E-state index contributed by atoms with van der Waals surface area (Å²) in [4.78, 5) is 26.3. The second-order valence-electron chi connectivity index (χ2n) is 7.76. The summed E-state index contributed by atoms with van der Waals surface area (Å²) in [7, 11) is 1.62. The first-order chi connectivity index (χ1) is 12.2. The first-order valence-corrected chi connectivity index (χ1v) is 9.64. The molecule has 2 aliphatic heterocycles. The number of carbonyl (C=O) groups excluding carboxylic acids is 1. The quantitative estimate of drug-likeness (QED) is 0.844. The molecule has 1 aromatic heterocycles. The summed E-state index contributed by atoms with van der Waals surface area (Å²) in [6.07, 6.45) is 10.9. The Balaban J connectivity index is 1.50. The number of amides is 1. The molecule has 136 valence electrons. The lowest BCUT2D eigenvalue weighted by molar-refractivity contribution is -0.148. The molecule has 1 unspecified atom stereocenters. The number of ether oxygens (including phenoxy) is 1. The smallest absolute Gasteiger partial charge is 0.230 e. The fourth-order valence-electron chi connectivity index (χ4n) is 4.90. The molecule has 0 bridgehead atoms. The lowest BCUT2D eigenvalue weighted by Gasteiger charge is -2.44. The van der Waals surface area contributed by atoms with Crippen LogP contribution in [0.5, 0.6) is 5.88 Å². The molecule has 0 N–H and O–H groups in total. The van der Waals surface area contributed by atoms with Gasteiger partial charge in [0.2, 0.25) is 11.8 Å². The predicted octanol–water partition coefficient (Wildman–Crippen LogP) is 2.64. The first-order valence-electron chi connectivity index (χ1n) is 9.64. The van der Waals surface area contributed by atoms with E-state index in [1.54, 1.807) is 7.11 Å². The molecule has 1 atom stereocenters. The Morgan fingerprint density at radius 1 is 1.12 bits per heavy atom. The van der Waals surface area contributed by atoms with E-state index >= 15 is 0 Å². The minimum absolute atomic E-state index is 0.214. The van der Waals surface area contributed by atoms with Gasteiger partial charge in [0.15, 0.2) is 0 Å². The van der Waals surface area contributed by atoms with Crippen molar-refractivity contribution in [3.05, 3.63) is 12.4 Å². The third kappa shape index (κ3) is 3.07. The third-order valence-electron chi connectivity index (χ3n) is 6.30. The largest absolute Gasteiger partial charge is 0.481 e. The van der Waals surface area contributed by atoms with Gasteiger partial charge in [0.1, 0.15) is 12.1 Å². The summed E-state index contributed by atoms with van der Waals surface area (Å²) < 4.78 is 5.22. The molecule has 1 spiro atoms. The topological polar surface area (TPSA) is 58.6 Å². The molecule has 25 heavy (non-hydrogen) atoms. The molecule has 1 aliphatic carbocycles. The van der Waals surface area contributed by atoms with Gasteiger partial charge in [0, 0.05) is 31.7 Å². The van der Waals surface area contributed by atoms with E-state index in [9.17, 15) is 4.79 Å². The summed E-state index contributed by atoms with van der Waals surface area (Å²) >= 11 is 0. The number of anilines is 1. The van der Waals surface area contributed by atoms with Gasteiger partial charge in [-0.25, -0.2) is 9.97 Å². The average molecular weight is 344 g/mol. The monoisotopic (exact) mass is 344 g/mol. The molecule has 2 saturated heterocycles. The molecule has 1 saturated carbocycles. The van der Waals surface area contributed by atoms with Gasteiger partial charge >= 0.3 is 0 Å². The van der Waals surface area contributed by atoms with Crippen LogP contribution in [0.1, 0.15) is 51.4 Å². The van der Waals surface area contributed by atoms with Crippen molar-refractivity contribution in [1.82, 2.24) is 14.9 Å². The molecule has 3 aliphatic rings. The molecule has 6 heteroatoms. The van der Waals surface area contributed by atoms with E-state index in [4.69, 9.17) is 4.74 Å². The Hall–Kier alpha value is -1.85. The molecule has 4 rings (SSSR count). The van der Waals surface area contributed by atoms with Crippen molar-refractivity contribution in [2.45, 2.75) is 57.4 Å². The first kappa shape index (κ1) is 16.6. The highest BCUT2D eigenvalue weighted by Gasteiger charge is 2.49. The van der Waals surface area contributed by atoms with Crippen LogP contribution < -0.4 is 9.64 Å². The van der Waals surface area contributed by atoms with Crippen molar-refractivity contribution in [3.8, 4) is 5.88 Å². The van der Waals surface area contributed by atoms with Crippen molar-refractivity contribution in [3.63, 3.8) is 0 Å². The standard InChI is InChI=1S/C19H28N4O2/c1-25-17-12-16(20-14-21-17)22-11-9-19(13-22)8-5-10-23(18(19)24)15-6-3-2-4-7-15/h12,14-15H,2-11,13H2,1H3. The van der Waals surface area contributed by atoms with Gasteiger partial charge in [0.25, 0.3) is 0 Å². The lowest BCUT2D eigenvalue weighted by Crippen LogP contribution is -2.54. The van der Waals surface area contributed by atoms with Gasteiger partial charge in [0.05, 0.1) is 12.5 Å². The van der Waals surface area contributed by atoms with Gasteiger partial charge in [-0.3, -0.25) is 4.79 Å². The highest BCUT2D eigenvalue weighted by Crippen LogP contribution is 2.43. The van der Waals surface area contributed by atoms with Gasteiger partial charge in [-0.1, -0.05) is 19.3 Å². The number of hydrogen-bond donors (Lipinski definition) is 0. The lowest BCUT2D eigenvalue weighted by atomic mass is 9.77. The number of rotatable bonds is 3. The molecular weight excluding hydrogens is 316 g/mol. The molecule has 3 fully saturated rings. The minimum atomic E-state index is -0.214. The average Bonchev–Trinajstić information content (AvgIpc) is 3.10. The number of methoxy groups -OCH3 is 1. The fourth-order valence-corrected chi connectivity index (χ4v) is 4.90. The molecule has 0 aromatic carbocycles. The second-order valence-corrected chi connectivity index (χ2v) is 7.76. The second kappa shape index (κ2) is 6.81. The van der Waals surface area contributed by atoms with E-state index in [2.05, 4.69) is 19.8 Å². The van der Waals surface area contributed by atoms with Gasteiger partial charge in [-0.2, -0.15) is 0 Å². The van der Waals surface area contributed by atoms with Crippen molar-refractivity contribution >= 4 is 11.7 Å². The maximum atomic E-state index is 13.4. The highest BCUT2D eigenvalue weighted by molar-refractivity contribution is 5.85. The number of piperidine rings is 1. The Bertz CT molecular complexity index is 632. The Kier molecular flexibility index (Phi) is 4.52. The zero-order valence-corrected chi connectivity index (χ0v) is 15.1. The van der Waals surface area contributed by atoms with Gasteiger partial charge in [-0.05, 0) is 32.1 Å². The van der Waals surface area contributed by atoms with Gasteiger partial charge < -0.3 is 14.5 Å². The van der Waals surface area contributed by atoms with Crippen LogP contribution in [0.4, 0.5) is 5.82 Å². The van der Waals surface area contributed by atoms with E-state index in [1.165, 1.54) is 38.4 Å². The minimum Gasteiger partial charge on any atom is -0.481 e. The maximum Gasteiger partial charge on any atom is 0.230 e. The summed E-state index contributed by atoms with van der Waals surface area (Å²) in [6.45, 7) is 2.60. The summed E-state index contributed by atoms with van der Waals surface area (Å²) in [5, 5.41) is 0. The molecule has 0 radical (unpaired) electrons. The highest BCUT2D eigenvalue weighted by atomic mass is 16.5. The van der Waals surface area contributed by atoms with E-state index in [-0.39, 0.29) is 5.41 Å². The molecule has 1 aromatic rings.